The van der Waals surface area contributed by atoms with Crippen LogP contribution in [0.1, 0.15) is 46.5 Å². The first-order valence-electron chi connectivity index (χ1n) is 7.38. The number of carbonyl (C=O) groups is 1. The van der Waals surface area contributed by atoms with Crippen LogP contribution in [0.3, 0.4) is 0 Å². The van der Waals surface area contributed by atoms with Gasteiger partial charge in [-0.25, -0.2) is 0 Å². The summed E-state index contributed by atoms with van der Waals surface area (Å²) in [6.45, 7) is 12.4. The molecule has 3 heteroatoms. The van der Waals surface area contributed by atoms with Crippen molar-refractivity contribution in [1.82, 2.24) is 4.90 Å². The Morgan fingerprint density at radius 3 is 2.32 bits per heavy atom. The van der Waals surface area contributed by atoms with E-state index in [-0.39, 0.29) is 6.54 Å². The summed E-state index contributed by atoms with van der Waals surface area (Å²) in [4.78, 5) is 12.8. The zero-order chi connectivity index (χ0) is 14.5. The molecule has 0 bridgehead atoms. The number of aliphatic carboxylic acids is 1. The Hall–Kier alpha value is -0.830. The number of carboxylic acid groups (broad SMARTS) is 1. The summed E-state index contributed by atoms with van der Waals surface area (Å²) in [5.41, 5.74) is 0.410. The fourth-order valence-electron chi connectivity index (χ4n) is 3.15. The maximum Gasteiger partial charge on any atom is 0.317 e. The van der Waals surface area contributed by atoms with Crippen LogP contribution in [-0.2, 0) is 4.79 Å². The maximum absolute atomic E-state index is 10.8. The molecule has 0 aromatic heterocycles. The van der Waals surface area contributed by atoms with Gasteiger partial charge in [-0.15, -0.1) is 6.58 Å². The molecular weight excluding hydrogens is 238 g/mol. The van der Waals surface area contributed by atoms with Gasteiger partial charge in [0.05, 0.1) is 6.54 Å². The van der Waals surface area contributed by atoms with Gasteiger partial charge < -0.3 is 5.11 Å². The second-order valence-electron chi connectivity index (χ2n) is 6.96. The van der Waals surface area contributed by atoms with Gasteiger partial charge in [-0.2, -0.15) is 0 Å². The molecule has 0 radical (unpaired) electrons. The third-order valence-corrected chi connectivity index (χ3v) is 4.33. The molecule has 1 fully saturated rings. The van der Waals surface area contributed by atoms with E-state index >= 15 is 0 Å². The third kappa shape index (κ3) is 5.77. The summed E-state index contributed by atoms with van der Waals surface area (Å²) < 4.78 is 0. The highest BCUT2D eigenvalue weighted by atomic mass is 16.4. The van der Waals surface area contributed by atoms with Crippen molar-refractivity contribution in [2.75, 3.05) is 19.6 Å². The highest BCUT2D eigenvalue weighted by molar-refractivity contribution is 5.69. The van der Waals surface area contributed by atoms with Crippen LogP contribution in [0.5, 0.6) is 0 Å². The molecule has 110 valence electrons. The molecule has 1 saturated carbocycles. The standard InChI is InChI=1S/C16H29NO2/c1-5-10-17(12-15(18)19)11-13-6-8-14(9-7-13)16(2,3)4/h5,13-14H,1,6-12H2,2-4H3,(H,18,19). The lowest BCUT2D eigenvalue weighted by Gasteiger charge is -2.38. The van der Waals surface area contributed by atoms with Crippen LogP contribution in [0.15, 0.2) is 12.7 Å². The van der Waals surface area contributed by atoms with Crippen LogP contribution in [0.25, 0.3) is 0 Å². The lowest BCUT2D eigenvalue weighted by atomic mass is 9.70. The Labute approximate surface area is 117 Å². The largest absolute Gasteiger partial charge is 0.480 e. The SMILES string of the molecule is C=CCN(CC(=O)O)CC1CCC(C(C)(C)C)CC1. The lowest BCUT2D eigenvalue weighted by molar-refractivity contribution is -0.138. The molecule has 0 unspecified atom stereocenters. The summed E-state index contributed by atoms with van der Waals surface area (Å²) in [7, 11) is 0. The van der Waals surface area contributed by atoms with Gasteiger partial charge in [0.1, 0.15) is 0 Å². The van der Waals surface area contributed by atoms with E-state index in [9.17, 15) is 4.79 Å². The molecule has 0 aromatic carbocycles. The van der Waals surface area contributed by atoms with Crippen molar-refractivity contribution < 1.29 is 9.90 Å². The van der Waals surface area contributed by atoms with E-state index in [0.29, 0.717) is 17.9 Å². The molecule has 0 amide bonds. The van der Waals surface area contributed by atoms with Crippen molar-refractivity contribution >= 4 is 5.97 Å². The van der Waals surface area contributed by atoms with Gasteiger partial charge in [0.15, 0.2) is 0 Å². The van der Waals surface area contributed by atoms with Gasteiger partial charge >= 0.3 is 5.97 Å². The predicted octanol–water partition coefficient (Wildman–Crippen LogP) is 3.41. The zero-order valence-electron chi connectivity index (χ0n) is 12.7. The van der Waals surface area contributed by atoms with Crippen molar-refractivity contribution in [2.45, 2.75) is 46.5 Å². The second-order valence-corrected chi connectivity index (χ2v) is 6.96. The van der Waals surface area contributed by atoms with Crippen LogP contribution in [-0.4, -0.2) is 35.6 Å². The molecule has 1 rings (SSSR count). The van der Waals surface area contributed by atoms with Gasteiger partial charge in [-0.05, 0) is 42.9 Å². The van der Waals surface area contributed by atoms with E-state index in [0.717, 1.165) is 12.5 Å². The first-order valence-corrected chi connectivity index (χ1v) is 7.38. The molecule has 1 N–H and O–H groups in total. The van der Waals surface area contributed by atoms with Crippen molar-refractivity contribution in [3.05, 3.63) is 12.7 Å². The Balaban J connectivity index is 2.41. The van der Waals surface area contributed by atoms with E-state index in [1.54, 1.807) is 6.08 Å². The summed E-state index contributed by atoms with van der Waals surface area (Å²) in [5.74, 6) is 0.721. The topological polar surface area (TPSA) is 40.5 Å². The van der Waals surface area contributed by atoms with Gasteiger partial charge in [-0.3, -0.25) is 9.69 Å². The first kappa shape index (κ1) is 16.2. The minimum atomic E-state index is -0.745. The Kier molecular flexibility index (Phi) is 6.05. The third-order valence-electron chi connectivity index (χ3n) is 4.33. The first-order chi connectivity index (χ1) is 8.82. The van der Waals surface area contributed by atoms with Gasteiger partial charge in [0.25, 0.3) is 0 Å². The summed E-state index contributed by atoms with van der Waals surface area (Å²) >= 11 is 0. The van der Waals surface area contributed by atoms with Crippen LogP contribution >= 0.6 is 0 Å². The maximum atomic E-state index is 10.8. The highest BCUT2D eigenvalue weighted by Crippen LogP contribution is 2.39. The monoisotopic (exact) mass is 267 g/mol. The molecule has 0 saturated heterocycles. The van der Waals surface area contributed by atoms with Crippen LogP contribution in [0.4, 0.5) is 0 Å². The fraction of sp³-hybridized carbons (Fsp3) is 0.812. The molecule has 19 heavy (non-hydrogen) atoms. The number of hydrogen-bond donors (Lipinski definition) is 1. The average Bonchev–Trinajstić information content (AvgIpc) is 2.28. The Morgan fingerprint density at radius 1 is 1.32 bits per heavy atom. The molecule has 0 aromatic rings. The molecule has 0 aliphatic heterocycles. The number of rotatable bonds is 6. The molecule has 0 heterocycles. The Bertz CT molecular complexity index is 298. The quantitative estimate of drug-likeness (QED) is 0.750. The summed E-state index contributed by atoms with van der Waals surface area (Å²) in [6.07, 6.45) is 6.82. The normalized spacial score (nSPS) is 24.4. The van der Waals surface area contributed by atoms with E-state index in [1.165, 1.54) is 25.7 Å². The second kappa shape index (κ2) is 7.09. The fourth-order valence-corrected chi connectivity index (χ4v) is 3.15. The molecule has 0 spiro atoms. The highest BCUT2D eigenvalue weighted by Gasteiger charge is 2.30. The van der Waals surface area contributed by atoms with Gasteiger partial charge in [0.2, 0.25) is 0 Å². The number of nitrogens with zero attached hydrogens (tertiary/aromatic N) is 1. The van der Waals surface area contributed by atoms with Gasteiger partial charge in [-0.1, -0.05) is 26.8 Å². The minimum absolute atomic E-state index is 0.130. The number of hydrogen-bond acceptors (Lipinski definition) is 2. The van der Waals surface area contributed by atoms with Crippen LogP contribution in [0, 0.1) is 17.3 Å². The predicted molar refractivity (Wildman–Crippen MR) is 79.2 cm³/mol. The van der Waals surface area contributed by atoms with Crippen LogP contribution in [0.2, 0.25) is 0 Å². The smallest absolute Gasteiger partial charge is 0.317 e. The van der Waals surface area contributed by atoms with E-state index in [2.05, 4.69) is 27.4 Å². The van der Waals surface area contributed by atoms with E-state index < -0.39 is 5.97 Å². The Morgan fingerprint density at radius 2 is 1.89 bits per heavy atom. The molecule has 3 nitrogen and oxygen atoms in total. The van der Waals surface area contributed by atoms with Crippen LogP contribution < -0.4 is 0 Å². The average molecular weight is 267 g/mol. The van der Waals surface area contributed by atoms with E-state index in [1.807, 2.05) is 4.90 Å². The minimum Gasteiger partial charge on any atom is -0.480 e. The molecule has 0 atom stereocenters. The molecule has 1 aliphatic rings. The number of carboxylic acids is 1. The van der Waals surface area contributed by atoms with Crippen molar-refractivity contribution in [1.29, 1.82) is 0 Å². The molecular formula is C16H29NO2. The van der Waals surface area contributed by atoms with Gasteiger partial charge in [0, 0.05) is 13.1 Å². The van der Waals surface area contributed by atoms with Crippen molar-refractivity contribution in [3.8, 4) is 0 Å². The lowest BCUT2D eigenvalue weighted by Crippen LogP contribution is -2.36. The zero-order valence-corrected chi connectivity index (χ0v) is 12.7. The summed E-state index contributed by atoms with van der Waals surface area (Å²) in [5, 5.41) is 8.91. The van der Waals surface area contributed by atoms with E-state index in [4.69, 9.17) is 5.11 Å². The van der Waals surface area contributed by atoms with Crippen molar-refractivity contribution in [2.24, 2.45) is 17.3 Å². The van der Waals surface area contributed by atoms with Crippen molar-refractivity contribution in [3.63, 3.8) is 0 Å². The summed E-state index contributed by atoms with van der Waals surface area (Å²) in [6, 6.07) is 0. The molecule has 1 aliphatic carbocycles.